The summed E-state index contributed by atoms with van der Waals surface area (Å²) in [6.45, 7) is 71.8. The molecule has 9 aliphatic rings. The summed E-state index contributed by atoms with van der Waals surface area (Å²) in [6.07, 6.45) is 43.8. The van der Waals surface area contributed by atoms with Crippen LogP contribution in [0.25, 0.3) is 0 Å². The number of carbonyl (C=O) groups excluding carboxylic acids is 1. The fourth-order valence-electron chi connectivity index (χ4n) is 19.2. The molecule has 0 heterocycles. The topological polar surface area (TPSA) is 76.0 Å². The number of unbranched alkanes of at least 4 members (excludes halogenated alkanes) is 1. The molecule has 5 nitrogen and oxygen atoms in total. The van der Waals surface area contributed by atoms with Crippen molar-refractivity contribution < 1.29 is 42.7 Å². The Morgan fingerprint density at radius 2 is 0.854 bits per heavy atom. The summed E-state index contributed by atoms with van der Waals surface area (Å²) in [6, 6.07) is 0. The van der Waals surface area contributed by atoms with Crippen molar-refractivity contribution in [1.82, 2.24) is 0 Å². The van der Waals surface area contributed by atoms with Gasteiger partial charge in [0, 0.05) is 12.3 Å². The minimum absolute atomic E-state index is 0. The van der Waals surface area contributed by atoms with E-state index in [1.165, 1.54) is 126 Å². The van der Waals surface area contributed by atoms with E-state index in [0.717, 1.165) is 97.9 Å². The second kappa shape index (κ2) is 37.1. The Morgan fingerprint density at radius 3 is 1.19 bits per heavy atom. The summed E-state index contributed by atoms with van der Waals surface area (Å²) < 4.78 is 13.4. The van der Waals surface area contributed by atoms with E-state index in [4.69, 9.17) is 8.85 Å². The van der Waals surface area contributed by atoms with Crippen molar-refractivity contribution in [2.75, 3.05) is 0 Å². The maximum absolute atomic E-state index is 11.9. The van der Waals surface area contributed by atoms with Crippen LogP contribution >= 0.6 is 0 Å². The van der Waals surface area contributed by atoms with Gasteiger partial charge in [-0.1, -0.05) is 241 Å². The maximum atomic E-state index is 11.9. The second-order valence-electron chi connectivity index (χ2n) is 36.5. The zero-order valence-corrected chi connectivity index (χ0v) is 69.2. The maximum Gasteiger partial charge on any atom is 1.00 e. The molecule has 0 aromatic carbocycles. The van der Waals surface area contributed by atoms with Gasteiger partial charge < -0.3 is 26.0 Å². The van der Waals surface area contributed by atoms with Gasteiger partial charge in [0.1, 0.15) is 5.78 Å². The van der Waals surface area contributed by atoms with Crippen LogP contribution in [0.4, 0.5) is 0 Å². The van der Waals surface area contributed by atoms with E-state index in [9.17, 15) is 15.0 Å². The third-order valence-electron chi connectivity index (χ3n) is 28.2. The van der Waals surface area contributed by atoms with E-state index in [1.807, 2.05) is 6.08 Å². The Labute approximate surface area is 609 Å². The molecule has 0 radical (unpaired) electrons. The van der Waals surface area contributed by atoms with E-state index in [0.29, 0.717) is 58.2 Å². The summed E-state index contributed by atoms with van der Waals surface area (Å²) in [5.74, 6) is 8.59. The number of hydrogen-bond donors (Lipinski definition) is 2. The van der Waals surface area contributed by atoms with Crippen LogP contribution in [0.5, 0.6) is 0 Å². The Bertz CT molecular complexity index is 2690. The predicted octanol–water partition coefficient (Wildman–Crippen LogP) is 22.6. The molecular weight excluding hydrogens is 1200 g/mol. The van der Waals surface area contributed by atoms with Crippen LogP contribution in [0.3, 0.4) is 0 Å². The van der Waals surface area contributed by atoms with Crippen LogP contribution in [-0.4, -0.2) is 57.0 Å². The molecule has 542 valence electrons. The van der Waals surface area contributed by atoms with Crippen LogP contribution < -0.4 is 18.9 Å². The SMILES string of the molecule is C=C/C=C1/C[C@@H](C)C(=C)[C@H](O[Si](C)(C)C(C)(C)C)C1.C=C1[C@H](C)C/C(=C/C=C2\CCC[C@@]3(C)C2CCC3[C@H](C)CC)C[C@H]1O[Si](C)(C)C(C)(C)C.C=C1[C@H](O)CC(=C/C=C2\CCC[C@@]3(C)C2CCC3[C@H](C)CC)C[C@H]1O.CC[C@@H](C)C1CCC2C(=O)CCC[C@@]21C.[CH2-]CCC.[Li+]. The van der Waals surface area contributed by atoms with E-state index in [2.05, 4.69) is 214 Å². The van der Waals surface area contributed by atoms with Crippen molar-refractivity contribution >= 4 is 22.4 Å². The average Bonchev–Trinajstić information content (AvgIpc) is 1.60. The Balaban J connectivity index is 0.000000275. The molecular formula is C88H151LiO5Si2. The smallest absolute Gasteiger partial charge is 0.410 e. The second-order valence-corrected chi connectivity index (χ2v) is 46.0. The summed E-state index contributed by atoms with van der Waals surface area (Å²) in [7, 11) is -3.53. The Morgan fingerprint density at radius 1 is 0.531 bits per heavy atom. The molecule has 8 heteroatoms. The number of allylic oxidation sites excluding steroid dienone is 8. The van der Waals surface area contributed by atoms with Gasteiger partial charge >= 0.3 is 18.9 Å². The molecule has 9 fully saturated rings. The van der Waals surface area contributed by atoms with E-state index < -0.39 is 28.8 Å². The van der Waals surface area contributed by atoms with Crippen LogP contribution in [0.2, 0.25) is 36.3 Å². The van der Waals surface area contributed by atoms with Crippen molar-refractivity contribution in [2.45, 2.75) is 352 Å². The molecule has 9 rings (SSSR count). The molecule has 0 saturated heterocycles. The van der Waals surface area contributed by atoms with Crippen molar-refractivity contribution in [3.8, 4) is 0 Å². The first-order chi connectivity index (χ1) is 44.2. The largest absolute Gasteiger partial charge is 1.00 e. The first-order valence-electron chi connectivity index (χ1n) is 39.4. The number of rotatable bonds is 14. The van der Waals surface area contributed by atoms with Gasteiger partial charge in [0.2, 0.25) is 0 Å². The van der Waals surface area contributed by atoms with Gasteiger partial charge in [-0.3, -0.25) is 4.79 Å². The third kappa shape index (κ3) is 21.2. The van der Waals surface area contributed by atoms with Gasteiger partial charge in [0.05, 0.1) is 24.4 Å². The standard InChI is InChI=1S/C30H52OSi.C23H36O2.C17H30OSi.C14H24O.C4H9.Li/c1-11-21(2)26-16-17-27-25(13-12-18-30(26,27)8)15-14-24-19-22(3)23(4)28(20-24)31-32(9,10)29(5,6)7;1-5-15(2)19-10-11-20-18(7-6-12-23(19,20)4)9-8-17-13-21(24)16(3)22(25)14-17;1-9-10-15-11-13(2)14(3)16(12-15)18-19(7,8)17(4,5)6;1-4-10(2)11-7-8-12-13(15)6-5-9-14(11,12)3;1-3-4-2;/h14-15,21-22,26-28H,4,11-13,16-20H2,1-3,5-10H3;8-9,15,19-22,24-25H,3,5-7,10-14H2,1-2,4H3;9-10,13,16H,1,3,11-12H2,2,4-8H3;10-12H,4-9H2,1-3H3;1,3-4H2,2H3;/q;;;;-1;+1/b24-14-,25-15+;18-9+;15-10-;;;/t21-,22-,26?,27?,28-,30-;15-,19?,20?,21-,22-,23-;13-,16-;10-,11?,12?,14-;;/m1111../s1. The summed E-state index contributed by atoms with van der Waals surface area (Å²) >= 11 is 0. The summed E-state index contributed by atoms with van der Waals surface area (Å²) in [5, 5.41) is 20.6. The van der Waals surface area contributed by atoms with Gasteiger partial charge in [0.15, 0.2) is 16.6 Å². The van der Waals surface area contributed by atoms with Gasteiger partial charge in [-0.05, 0) is 257 Å². The van der Waals surface area contributed by atoms with Crippen LogP contribution in [-0.2, 0) is 13.6 Å². The molecule has 0 aliphatic heterocycles. The van der Waals surface area contributed by atoms with Crippen molar-refractivity contribution in [3.63, 3.8) is 0 Å². The zero-order chi connectivity index (χ0) is 71.4. The number of Topliss-reactive ketones (excluding diaryl/α,β-unsaturated/α-hetero) is 1. The molecule has 18 atom stereocenters. The minimum Gasteiger partial charge on any atom is -0.410 e. The van der Waals surface area contributed by atoms with Crippen molar-refractivity contribution in [2.24, 2.45) is 81.3 Å². The number of ketones is 1. The molecule has 0 bridgehead atoms. The summed E-state index contributed by atoms with van der Waals surface area (Å²) in [5.41, 5.74) is 12.0. The first-order valence-corrected chi connectivity index (χ1v) is 45.2. The molecule has 0 aromatic rings. The third-order valence-corrected chi connectivity index (χ3v) is 37.1. The summed E-state index contributed by atoms with van der Waals surface area (Å²) in [4.78, 5) is 11.9. The Kier molecular flexibility index (Phi) is 33.4. The van der Waals surface area contributed by atoms with Gasteiger partial charge in [-0.2, -0.15) is 6.42 Å². The normalized spacial score (nSPS) is 35.9. The predicted molar refractivity (Wildman–Crippen MR) is 418 cm³/mol. The van der Waals surface area contributed by atoms with E-state index in [1.54, 1.807) is 16.7 Å². The van der Waals surface area contributed by atoms with Crippen LogP contribution in [0.15, 0.2) is 107 Å². The van der Waals surface area contributed by atoms with E-state index >= 15 is 0 Å². The number of aliphatic hydroxyl groups excluding tert-OH is 2. The van der Waals surface area contributed by atoms with Crippen LogP contribution in [0.1, 0.15) is 292 Å². The van der Waals surface area contributed by atoms with Crippen LogP contribution in [0, 0.1) is 88.3 Å². The van der Waals surface area contributed by atoms with E-state index in [-0.39, 0.29) is 41.1 Å². The van der Waals surface area contributed by atoms with Gasteiger partial charge in [-0.25, -0.2) is 0 Å². The zero-order valence-electron chi connectivity index (χ0n) is 67.2. The minimum atomic E-state index is -1.80. The molecule has 0 amide bonds. The fraction of sp³-hybridized carbons (Fsp3) is 0.773. The molecule has 0 aromatic heterocycles. The molecule has 0 spiro atoms. The molecule has 9 aliphatic carbocycles. The fourth-order valence-corrected chi connectivity index (χ4v) is 21.8. The Hall–Kier alpha value is -1.80. The average molecular weight is 1350 g/mol. The number of hydrogen-bond acceptors (Lipinski definition) is 5. The van der Waals surface area contributed by atoms with Crippen molar-refractivity contribution in [3.05, 3.63) is 114 Å². The molecule has 6 unspecified atom stereocenters. The monoisotopic (exact) mass is 1350 g/mol. The molecule has 96 heavy (non-hydrogen) atoms. The van der Waals surface area contributed by atoms with Gasteiger partial charge in [-0.15, -0.1) is 0 Å². The quantitative estimate of drug-likeness (QED) is 0.103. The number of carbonyl (C=O) groups is 1. The molecule has 9 saturated carbocycles. The number of fused-ring (bicyclic) bond motifs is 3. The number of aliphatic hydroxyl groups is 2. The van der Waals surface area contributed by atoms with Gasteiger partial charge in [0.25, 0.3) is 0 Å². The first kappa shape index (κ1) is 86.6. The molecule has 2 N–H and O–H groups in total. The van der Waals surface area contributed by atoms with Crippen molar-refractivity contribution in [1.29, 1.82) is 0 Å².